The first-order valence-corrected chi connectivity index (χ1v) is 9.28. The molecular formula is C21H27N3O2. The average Bonchev–Trinajstić information content (AvgIpc) is 2.97. The molecule has 5 heteroatoms. The number of ether oxygens (including phenoxy) is 1. The van der Waals surface area contributed by atoms with E-state index in [-0.39, 0.29) is 5.97 Å². The van der Waals surface area contributed by atoms with Crippen LogP contribution in [-0.2, 0) is 17.8 Å². The Kier molecular flexibility index (Phi) is 6.75. The van der Waals surface area contributed by atoms with Gasteiger partial charge in [0.25, 0.3) is 0 Å². The number of benzene rings is 1. The number of hydrogen-bond donors (Lipinski definition) is 1. The van der Waals surface area contributed by atoms with Gasteiger partial charge in [-0.1, -0.05) is 18.2 Å². The molecule has 1 aromatic carbocycles. The van der Waals surface area contributed by atoms with Crippen LogP contribution in [0.25, 0.3) is 0 Å². The van der Waals surface area contributed by atoms with Crippen LogP contribution < -0.4 is 5.32 Å². The molecule has 3 rings (SSSR count). The van der Waals surface area contributed by atoms with Gasteiger partial charge in [0.2, 0.25) is 0 Å². The molecule has 1 aliphatic heterocycles. The largest absolute Gasteiger partial charge is 0.465 e. The number of hydrogen-bond acceptors (Lipinski definition) is 5. The maximum Gasteiger partial charge on any atom is 0.337 e. The lowest BCUT2D eigenvalue weighted by molar-refractivity contribution is 0.0600. The van der Waals surface area contributed by atoms with Gasteiger partial charge in [0.05, 0.1) is 18.4 Å². The summed E-state index contributed by atoms with van der Waals surface area (Å²) < 4.78 is 4.85. The lowest BCUT2D eigenvalue weighted by Gasteiger charge is -2.31. The Morgan fingerprint density at radius 2 is 2.12 bits per heavy atom. The number of nitrogens with zero attached hydrogens (tertiary/aromatic N) is 2. The van der Waals surface area contributed by atoms with E-state index in [1.807, 2.05) is 30.5 Å². The smallest absolute Gasteiger partial charge is 0.337 e. The maximum atomic E-state index is 11.8. The molecule has 0 aliphatic carbocycles. The fourth-order valence-corrected chi connectivity index (χ4v) is 3.53. The number of nitrogens with one attached hydrogen (secondary N) is 1. The molecule has 2 heterocycles. The molecule has 1 saturated heterocycles. The van der Waals surface area contributed by atoms with Crippen molar-refractivity contribution < 1.29 is 9.53 Å². The minimum atomic E-state index is -0.290. The zero-order valence-corrected chi connectivity index (χ0v) is 15.4. The molecule has 5 nitrogen and oxygen atoms in total. The van der Waals surface area contributed by atoms with Crippen LogP contribution in [0.2, 0.25) is 0 Å². The number of methoxy groups -OCH3 is 1. The molecule has 0 radical (unpaired) electrons. The van der Waals surface area contributed by atoms with Gasteiger partial charge in [-0.3, -0.25) is 9.88 Å². The van der Waals surface area contributed by atoms with Crippen molar-refractivity contribution in [1.29, 1.82) is 0 Å². The fourth-order valence-electron chi connectivity index (χ4n) is 3.53. The third kappa shape index (κ3) is 5.13. The molecule has 0 saturated carbocycles. The van der Waals surface area contributed by atoms with Gasteiger partial charge in [0.15, 0.2) is 0 Å². The molecule has 1 fully saturated rings. The van der Waals surface area contributed by atoms with Gasteiger partial charge in [-0.25, -0.2) is 4.79 Å². The van der Waals surface area contributed by atoms with E-state index in [0.29, 0.717) is 11.6 Å². The third-order valence-electron chi connectivity index (χ3n) is 4.89. The van der Waals surface area contributed by atoms with Crippen molar-refractivity contribution in [2.24, 2.45) is 0 Å². The van der Waals surface area contributed by atoms with E-state index in [1.165, 1.54) is 20.0 Å². The molecule has 0 bridgehead atoms. The predicted octanol–water partition coefficient (Wildman–Crippen LogP) is 3.01. The van der Waals surface area contributed by atoms with Crippen LogP contribution in [0.5, 0.6) is 0 Å². The molecule has 0 spiro atoms. The summed E-state index contributed by atoms with van der Waals surface area (Å²) in [4.78, 5) is 18.8. The molecule has 2 aromatic rings. The van der Waals surface area contributed by atoms with E-state index in [2.05, 4.69) is 27.3 Å². The summed E-state index contributed by atoms with van der Waals surface area (Å²) in [7, 11) is 1.42. The summed E-state index contributed by atoms with van der Waals surface area (Å²) in [5, 5.41) is 3.49. The van der Waals surface area contributed by atoms with Crippen molar-refractivity contribution in [3.8, 4) is 0 Å². The Bertz CT molecular complexity index is 697. The van der Waals surface area contributed by atoms with Crippen LogP contribution in [0.15, 0.2) is 48.7 Å². The van der Waals surface area contributed by atoms with Crippen molar-refractivity contribution >= 4 is 5.97 Å². The highest BCUT2D eigenvalue weighted by Gasteiger charge is 2.21. The zero-order valence-electron chi connectivity index (χ0n) is 15.4. The first kappa shape index (κ1) is 18.5. The summed E-state index contributed by atoms with van der Waals surface area (Å²) >= 11 is 0. The molecule has 1 N–H and O–H groups in total. The van der Waals surface area contributed by atoms with Crippen LogP contribution in [0.4, 0.5) is 0 Å². The lowest BCUT2D eigenvalue weighted by atomic mass is 10.0. The van der Waals surface area contributed by atoms with E-state index in [4.69, 9.17) is 4.74 Å². The number of carbonyl (C=O) groups excluding carboxylic acids is 1. The quantitative estimate of drug-likeness (QED) is 0.809. The molecule has 1 atom stereocenters. The zero-order chi connectivity index (χ0) is 18.2. The Balaban J connectivity index is 1.79. The van der Waals surface area contributed by atoms with E-state index in [0.717, 1.165) is 43.9 Å². The van der Waals surface area contributed by atoms with E-state index in [9.17, 15) is 4.79 Å². The van der Waals surface area contributed by atoms with Crippen LogP contribution in [0, 0.1) is 0 Å². The predicted molar refractivity (Wildman–Crippen MR) is 102 cm³/mol. The number of carbonyl (C=O) groups is 1. The lowest BCUT2D eigenvalue weighted by Crippen LogP contribution is -2.35. The average molecular weight is 353 g/mol. The van der Waals surface area contributed by atoms with Gasteiger partial charge >= 0.3 is 5.97 Å². The van der Waals surface area contributed by atoms with Crippen molar-refractivity contribution in [2.75, 3.05) is 20.2 Å². The van der Waals surface area contributed by atoms with Gasteiger partial charge in [-0.15, -0.1) is 0 Å². The van der Waals surface area contributed by atoms with Gasteiger partial charge < -0.3 is 10.1 Å². The Morgan fingerprint density at radius 1 is 1.19 bits per heavy atom. The van der Waals surface area contributed by atoms with Crippen molar-refractivity contribution in [1.82, 2.24) is 15.2 Å². The molecule has 1 unspecified atom stereocenters. The third-order valence-corrected chi connectivity index (χ3v) is 4.89. The first-order chi connectivity index (χ1) is 12.8. The Hall–Kier alpha value is -2.24. The standard InChI is InChI=1S/C21H27N3O2/c1-26-21(25)18-7-4-6-17(14-18)15-24(16-19-8-2-3-12-23-19)20-9-5-11-22-13-10-20/h2-4,6-8,12,14,20,22H,5,9-11,13,15-16H2,1H3. The van der Waals surface area contributed by atoms with E-state index in [1.54, 1.807) is 6.07 Å². The fraction of sp³-hybridized carbons (Fsp3) is 0.429. The van der Waals surface area contributed by atoms with E-state index >= 15 is 0 Å². The molecule has 138 valence electrons. The summed E-state index contributed by atoms with van der Waals surface area (Å²) in [5.41, 5.74) is 2.81. The van der Waals surface area contributed by atoms with Gasteiger partial charge in [-0.2, -0.15) is 0 Å². The second kappa shape index (κ2) is 9.46. The number of pyridine rings is 1. The molecule has 1 aromatic heterocycles. The molecular weight excluding hydrogens is 326 g/mol. The second-order valence-electron chi connectivity index (χ2n) is 6.75. The van der Waals surface area contributed by atoms with Crippen LogP contribution in [-0.4, -0.2) is 42.1 Å². The van der Waals surface area contributed by atoms with Crippen LogP contribution >= 0.6 is 0 Å². The SMILES string of the molecule is COC(=O)c1cccc(CN(Cc2ccccn2)C2CCCNCC2)c1. The van der Waals surface area contributed by atoms with E-state index < -0.39 is 0 Å². The number of aromatic nitrogens is 1. The minimum absolute atomic E-state index is 0.290. The van der Waals surface area contributed by atoms with Crippen molar-refractivity contribution in [3.63, 3.8) is 0 Å². The highest BCUT2D eigenvalue weighted by atomic mass is 16.5. The van der Waals surface area contributed by atoms with Gasteiger partial charge in [0.1, 0.15) is 0 Å². The van der Waals surface area contributed by atoms with Gasteiger partial charge in [-0.05, 0) is 62.2 Å². The van der Waals surface area contributed by atoms with Crippen molar-refractivity contribution in [3.05, 3.63) is 65.5 Å². The summed E-state index contributed by atoms with van der Waals surface area (Å²) in [5.74, 6) is -0.290. The van der Waals surface area contributed by atoms with Crippen LogP contribution in [0.3, 0.4) is 0 Å². The van der Waals surface area contributed by atoms with Crippen LogP contribution in [0.1, 0.15) is 40.9 Å². The summed E-state index contributed by atoms with van der Waals surface area (Å²) in [6, 6.07) is 14.3. The first-order valence-electron chi connectivity index (χ1n) is 9.28. The number of esters is 1. The summed E-state index contributed by atoms with van der Waals surface area (Å²) in [6.45, 7) is 3.75. The topological polar surface area (TPSA) is 54.5 Å². The monoisotopic (exact) mass is 353 g/mol. The highest BCUT2D eigenvalue weighted by Crippen LogP contribution is 2.20. The normalized spacial score (nSPS) is 17.7. The second-order valence-corrected chi connectivity index (χ2v) is 6.75. The summed E-state index contributed by atoms with van der Waals surface area (Å²) in [6.07, 6.45) is 5.34. The van der Waals surface area contributed by atoms with Crippen molar-refractivity contribution in [2.45, 2.75) is 38.4 Å². The Morgan fingerprint density at radius 3 is 2.92 bits per heavy atom. The molecule has 0 amide bonds. The molecule has 26 heavy (non-hydrogen) atoms. The maximum absolute atomic E-state index is 11.8. The van der Waals surface area contributed by atoms with Gasteiger partial charge in [0, 0.05) is 25.3 Å². The minimum Gasteiger partial charge on any atom is -0.465 e. The Labute approximate surface area is 155 Å². The molecule has 1 aliphatic rings. The highest BCUT2D eigenvalue weighted by molar-refractivity contribution is 5.89. The number of rotatable bonds is 6.